The van der Waals surface area contributed by atoms with Gasteiger partial charge < -0.3 is 10.2 Å². The van der Waals surface area contributed by atoms with Gasteiger partial charge in [0.05, 0.1) is 5.54 Å². The SMILES string of the molecule is CC(CC1CCC1)NC(C)(C)C(=O)N(C)C. The summed E-state index contributed by atoms with van der Waals surface area (Å²) >= 11 is 0. The molecular weight excluding hydrogens is 200 g/mol. The number of amides is 1. The highest BCUT2D eigenvalue weighted by Crippen LogP contribution is 2.30. The van der Waals surface area contributed by atoms with Gasteiger partial charge in [-0.05, 0) is 33.1 Å². The van der Waals surface area contributed by atoms with Crippen molar-refractivity contribution in [3.8, 4) is 0 Å². The number of hydrogen-bond donors (Lipinski definition) is 1. The highest BCUT2D eigenvalue weighted by molar-refractivity contribution is 5.85. The van der Waals surface area contributed by atoms with E-state index < -0.39 is 5.54 Å². The molecule has 0 radical (unpaired) electrons. The Kier molecular flexibility index (Phi) is 4.36. The zero-order valence-corrected chi connectivity index (χ0v) is 11.3. The van der Waals surface area contributed by atoms with Gasteiger partial charge in [0.25, 0.3) is 0 Å². The van der Waals surface area contributed by atoms with Crippen molar-refractivity contribution in [2.24, 2.45) is 5.92 Å². The van der Waals surface area contributed by atoms with E-state index in [0.717, 1.165) is 5.92 Å². The highest BCUT2D eigenvalue weighted by atomic mass is 16.2. The summed E-state index contributed by atoms with van der Waals surface area (Å²) in [5.41, 5.74) is -0.452. The van der Waals surface area contributed by atoms with Gasteiger partial charge in [-0.15, -0.1) is 0 Å². The second-order valence-corrected chi connectivity index (χ2v) is 5.90. The normalized spacial score (nSPS) is 19.1. The van der Waals surface area contributed by atoms with E-state index in [0.29, 0.717) is 6.04 Å². The number of carbonyl (C=O) groups excluding carboxylic acids is 1. The van der Waals surface area contributed by atoms with Crippen molar-refractivity contribution in [2.75, 3.05) is 14.1 Å². The van der Waals surface area contributed by atoms with Gasteiger partial charge in [0.2, 0.25) is 5.91 Å². The summed E-state index contributed by atoms with van der Waals surface area (Å²) in [4.78, 5) is 13.6. The van der Waals surface area contributed by atoms with Crippen molar-refractivity contribution in [2.45, 2.75) is 58.0 Å². The number of rotatable bonds is 5. The summed E-state index contributed by atoms with van der Waals surface area (Å²) in [5.74, 6) is 1.03. The Bertz CT molecular complexity index is 244. The van der Waals surface area contributed by atoms with Crippen molar-refractivity contribution < 1.29 is 4.79 Å². The van der Waals surface area contributed by atoms with Crippen molar-refractivity contribution in [1.29, 1.82) is 0 Å². The maximum absolute atomic E-state index is 11.9. The first-order valence-electron chi connectivity index (χ1n) is 6.32. The first-order chi connectivity index (χ1) is 7.33. The molecule has 1 N–H and O–H groups in total. The standard InChI is InChI=1S/C13H26N2O/c1-10(9-11-7-6-8-11)14-13(2,3)12(16)15(4)5/h10-11,14H,6-9H2,1-5H3. The van der Waals surface area contributed by atoms with Gasteiger partial charge in [0, 0.05) is 20.1 Å². The average molecular weight is 226 g/mol. The highest BCUT2D eigenvalue weighted by Gasteiger charge is 2.31. The predicted octanol–water partition coefficient (Wildman–Crippen LogP) is 2.02. The minimum atomic E-state index is -0.452. The van der Waals surface area contributed by atoms with Crippen LogP contribution in [0, 0.1) is 5.92 Å². The van der Waals surface area contributed by atoms with Crippen LogP contribution in [-0.2, 0) is 4.79 Å². The van der Waals surface area contributed by atoms with E-state index in [9.17, 15) is 4.79 Å². The Morgan fingerprint density at radius 1 is 1.44 bits per heavy atom. The molecule has 3 heteroatoms. The second kappa shape index (κ2) is 5.17. The molecule has 1 aliphatic rings. The lowest BCUT2D eigenvalue weighted by atomic mass is 9.81. The Hall–Kier alpha value is -0.570. The van der Waals surface area contributed by atoms with Gasteiger partial charge in [-0.25, -0.2) is 0 Å². The summed E-state index contributed by atoms with van der Waals surface area (Å²) in [6, 6.07) is 0.421. The summed E-state index contributed by atoms with van der Waals surface area (Å²) in [6.07, 6.45) is 5.32. The third-order valence-electron chi connectivity index (χ3n) is 3.46. The second-order valence-electron chi connectivity index (χ2n) is 5.90. The fraction of sp³-hybridized carbons (Fsp3) is 0.923. The lowest BCUT2D eigenvalue weighted by molar-refractivity contribution is -0.134. The first kappa shape index (κ1) is 13.5. The summed E-state index contributed by atoms with van der Waals surface area (Å²) in [5, 5.41) is 3.45. The van der Waals surface area contributed by atoms with Crippen LogP contribution in [0.25, 0.3) is 0 Å². The van der Waals surface area contributed by atoms with E-state index in [4.69, 9.17) is 0 Å². The molecule has 0 aromatic heterocycles. The molecule has 1 rings (SSSR count). The molecule has 1 unspecified atom stereocenters. The molecule has 1 amide bonds. The van der Waals surface area contributed by atoms with E-state index in [1.54, 1.807) is 4.90 Å². The summed E-state index contributed by atoms with van der Waals surface area (Å²) in [6.45, 7) is 6.11. The Morgan fingerprint density at radius 2 is 2.00 bits per heavy atom. The van der Waals surface area contributed by atoms with Crippen LogP contribution < -0.4 is 5.32 Å². The van der Waals surface area contributed by atoms with Crippen molar-refractivity contribution >= 4 is 5.91 Å². The van der Waals surface area contributed by atoms with Crippen molar-refractivity contribution in [3.05, 3.63) is 0 Å². The van der Waals surface area contributed by atoms with Crippen LogP contribution in [0.15, 0.2) is 0 Å². The smallest absolute Gasteiger partial charge is 0.241 e. The zero-order chi connectivity index (χ0) is 12.3. The van der Waals surface area contributed by atoms with Crippen molar-refractivity contribution in [1.82, 2.24) is 10.2 Å². The number of likely N-dealkylation sites (N-methyl/N-ethyl adjacent to an activating group) is 1. The van der Waals surface area contributed by atoms with E-state index in [1.807, 2.05) is 27.9 Å². The third-order valence-corrected chi connectivity index (χ3v) is 3.46. The molecule has 0 aromatic carbocycles. The van der Waals surface area contributed by atoms with Gasteiger partial charge in [0.15, 0.2) is 0 Å². The molecular formula is C13H26N2O. The fourth-order valence-electron chi connectivity index (χ4n) is 2.52. The van der Waals surface area contributed by atoms with Crippen LogP contribution in [0.3, 0.4) is 0 Å². The topological polar surface area (TPSA) is 32.3 Å². The van der Waals surface area contributed by atoms with E-state index in [1.165, 1.54) is 25.7 Å². The van der Waals surface area contributed by atoms with E-state index in [-0.39, 0.29) is 5.91 Å². The molecule has 0 bridgehead atoms. The monoisotopic (exact) mass is 226 g/mol. The third kappa shape index (κ3) is 3.48. The molecule has 1 saturated carbocycles. The molecule has 0 aliphatic heterocycles. The van der Waals surface area contributed by atoms with E-state index >= 15 is 0 Å². The molecule has 1 fully saturated rings. The minimum absolute atomic E-state index is 0.146. The van der Waals surface area contributed by atoms with Gasteiger partial charge in [0.1, 0.15) is 0 Å². The Morgan fingerprint density at radius 3 is 2.38 bits per heavy atom. The summed E-state index contributed by atoms with van der Waals surface area (Å²) < 4.78 is 0. The number of nitrogens with zero attached hydrogens (tertiary/aromatic N) is 1. The van der Waals surface area contributed by atoms with Crippen molar-refractivity contribution in [3.63, 3.8) is 0 Å². The molecule has 3 nitrogen and oxygen atoms in total. The maximum Gasteiger partial charge on any atom is 0.241 e. The maximum atomic E-state index is 11.9. The average Bonchev–Trinajstić information content (AvgIpc) is 2.09. The Labute approximate surface area is 99.6 Å². The molecule has 1 atom stereocenters. The van der Waals surface area contributed by atoms with Crippen LogP contribution in [-0.4, -0.2) is 36.5 Å². The van der Waals surface area contributed by atoms with Crippen LogP contribution in [0.4, 0.5) is 0 Å². The van der Waals surface area contributed by atoms with Crippen LogP contribution in [0.2, 0.25) is 0 Å². The van der Waals surface area contributed by atoms with Crippen LogP contribution >= 0.6 is 0 Å². The number of nitrogens with one attached hydrogen (secondary N) is 1. The minimum Gasteiger partial charge on any atom is -0.347 e. The quantitative estimate of drug-likeness (QED) is 0.778. The van der Waals surface area contributed by atoms with Gasteiger partial charge >= 0.3 is 0 Å². The van der Waals surface area contributed by atoms with Crippen LogP contribution in [0.1, 0.15) is 46.5 Å². The molecule has 0 saturated heterocycles. The largest absolute Gasteiger partial charge is 0.347 e. The molecule has 0 heterocycles. The first-order valence-corrected chi connectivity index (χ1v) is 6.32. The van der Waals surface area contributed by atoms with Gasteiger partial charge in [-0.1, -0.05) is 19.3 Å². The summed E-state index contributed by atoms with van der Waals surface area (Å²) in [7, 11) is 3.62. The number of carbonyl (C=O) groups is 1. The zero-order valence-electron chi connectivity index (χ0n) is 11.3. The molecule has 1 aliphatic carbocycles. The van der Waals surface area contributed by atoms with Gasteiger partial charge in [-0.3, -0.25) is 4.79 Å². The Balaban J connectivity index is 2.40. The number of hydrogen-bond acceptors (Lipinski definition) is 2. The molecule has 94 valence electrons. The van der Waals surface area contributed by atoms with Crippen LogP contribution in [0.5, 0.6) is 0 Å². The fourth-order valence-corrected chi connectivity index (χ4v) is 2.52. The lowest BCUT2D eigenvalue weighted by Crippen LogP contribution is -2.55. The lowest BCUT2D eigenvalue weighted by Gasteiger charge is -2.34. The predicted molar refractivity (Wildman–Crippen MR) is 67.3 cm³/mol. The molecule has 16 heavy (non-hydrogen) atoms. The van der Waals surface area contributed by atoms with Gasteiger partial charge in [-0.2, -0.15) is 0 Å². The van der Waals surface area contributed by atoms with E-state index in [2.05, 4.69) is 12.2 Å². The molecule has 0 spiro atoms. The molecule has 0 aromatic rings.